The average molecular weight is 411 g/mol. The second-order valence-corrected chi connectivity index (χ2v) is 8.31. The summed E-state index contributed by atoms with van der Waals surface area (Å²) in [5, 5.41) is 14.1. The molecule has 0 saturated heterocycles. The Kier molecular flexibility index (Phi) is 6.29. The van der Waals surface area contributed by atoms with E-state index in [2.05, 4.69) is 5.32 Å². The van der Waals surface area contributed by atoms with E-state index in [1.807, 2.05) is 0 Å². The highest BCUT2D eigenvalue weighted by molar-refractivity contribution is 7.90. The zero-order valence-electron chi connectivity index (χ0n) is 14.5. The van der Waals surface area contributed by atoms with Crippen LogP contribution >= 0.6 is 11.6 Å². The molecule has 0 radical (unpaired) electrons. The number of nitrogens with zero attached hydrogens (tertiary/aromatic N) is 2. The van der Waals surface area contributed by atoms with Crippen molar-refractivity contribution in [3.8, 4) is 0 Å². The van der Waals surface area contributed by atoms with Crippen LogP contribution in [0.3, 0.4) is 0 Å². The van der Waals surface area contributed by atoms with Gasteiger partial charge >= 0.3 is 5.91 Å². The van der Waals surface area contributed by atoms with Gasteiger partial charge in [-0.05, 0) is 36.4 Å². The van der Waals surface area contributed by atoms with E-state index in [1.54, 1.807) is 18.7 Å². The van der Waals surface area contributed by atoms with Crippen molar-refractivity contribution in [3.05, 3.63) is 68.7 Å². The van der Waals surface area contributed by atoms with Gasteiger partial charge in [-0.25, -0.2) is 18.5 Å². The fraction of sp³-hybridized carbons (Fsp3) is 0.176. The molecule has 0 aliphatic rings. The Balaban J connectivity index is 2.42. The Morgan fingerprint density at radius 2 is 1.81 bits per heavy atom. The topological polar surface area (TPSA) is 109 Å². The van der Waals surface area contributed by atoms with Gasteiger partial charge < -0.3 is 0 Å². The molecule has 2 rings (SSSR count). The number of carbonyl (C=O) groups excluding carboxylic acids is 1. The number of halogens is 1. The normalized spacial score (nSPS) is 10.9. The molecule has 0 aliphatic carbocycles. The third-order valence-corrected chi connectivity index (χ3v) is 5.44. The number of amides is 1. The van der Waals surface area contributed by atoms with Gasteiger partial charge in [0.15, 0.2) is 9.84 Å². The van der Waals surface area contributed by atoms with Crippen molar-refractivity contribution in [3.63, 3.8) is 0 Å². The quantitative estimate of drug-likeness (QED) is 0.258. The van der Waals surface area contributed by atoms with Crippen molar-refractivity contribution < 1.29 is 22.7 Å². The van der Waals surface area contributed by atoms with Gasteiger partial charge in [-0.3, -0.25) is 14.7 Å². The van der Waals surface area contributed by atoms with Crippen LogP contribution in [0.25, 0.3) is 0 Å². The summed E-state index contributed by atoms with van der Waals surface area (Å²) >= 11 is 5.76. The minimum absolute atomic E-state index is 0.0167. The van der Waals surface area contributed by atoms with Crippen molar-refractivity contribution in [2.75, 3.05) is 14.1 Å². The first-order valence-electron chi connectivity index (χ1n) is 7.66. The fourth-order valence-corrected chi connectivity index (χ4v) is 3.71. The lowest BCUT2D eigenvalue weighted by atomic mass is 10.1. The molecule has 8 nitrogen and oxygen atoms in total. The van der Waals surface area contributed by atoms with Gasteiger partial charge in [0, 0.05) is 16.7 Å². The van der Waals surface area contributed by atoms with Crippen LogP contribution in [-0.4, -0.2) is 44.3 Å². The lowest BCUT2D eigenvalue weighted by Crippen LogP contribution is -2.25. The number of benzene rings is 2. The van der Waals surface area contributed by atoms with Crippen LogP contribution in [-0.2, 0) is 15.6 Å². The van der Waals surface area contributed by atoms with Crippen LogP contribution in [0.5, 0.6) is 0 Å². The number of hydrogen-bond donors (Lipinski definition) is 1. The van der Waals surface area contributed by atoms with Crippen molar-refractivity contribution in [1.29, 1.82) is 0 Å². The Labute approximate surface area is 161 Å². The minimum Gasteiger partial charge on any atom is -0.273 e. The Morgan fingerprint density at radius 3 is 2.37 bits per heavy atom. The van der Waals surface area contributed by atoms with Crippen LogP contribution in [0, 0.1) is 10.1 Å². The summed E-state index contributed by atoms with van der Waals surface area (Å²) in [4.78, 5) is 22.7. The molecular weight excluding hydrogens is 394 g/mol. The minimum atomic E-state index is -3.87. The first-order valence-corrected chi connectivity index (χ1v) is 9.69. The molecule has 10 heteroatoms. The maximum absolute atomic E-state index is 12.6. The average Bonchev–Trinajstić information content (AvgIpc) is 2.59. The first kappa shape index (κ1) is 20.5. The Bertz CT molecular complexity index is 1010. The molecule has 0 saturated carbocycles. The standard InChI is InChI=1S/C17H16ClN3O5S/c1-20(2)11-19-17(22)12-3-8-16(21(23)24)13(9-12)10-27(25,26)15-6-4-14(18)5-7-15/h3-9,11H,10H2,1-2H3/p+1. The van der Waals surface area contributed by atoms with E-state index in [4.69, 9.17) is 11.6 Å². The predicted molar refractivity (Wildman–Crippen MR) is 101 cm³/mol. The molecule has 1 amide bonds. The number of rotatable bonds is 6. The van der Waals surface area contributed by atoms with E-state index in [9.17, 15) is 23.3 Å². The summed E-state index contributed by atoms with van der Waals surface area (Å²) in [5.74, 6) is -1.13. The SMILES string of the molecule is C[N+](C)=CNC(=O)c1ccc([N+](=O)[O-])c(CS(=O)(=O)c2ccc(Cl)cc2)c1. The van der Waals surface area contributed by atoms with E-state index in [0.717, 1.165) is 6.07 Å². The van der Waals surface area contributed by atoms with Gasteiger partial charge in [-0.15, -0.1) is 0 Å². The summed E-state index contributed by atoms with van der Waals surface area (Å²) in [7, 11) is -0.448. The van der Waals surface area contributed by atoms with Gasteiger partial charge in [-0.2, -0.15) is 0 Å². The van der Waals surface area contributed by atoms with Crippen LogP contribution in [0.2, 0.25) is 5.02 Å². The zero-order chi connectivity index (χ0) is 20.2. The monoisotopic (exact) mass is 410 g/mol. The highest BCUT2D eigenvalue weighted by Gasteiger charge is 2.24. The zero-order valence-corrected chi connectivity index (χ0v) is 16.1. The third kappa shape index (κ3) is 5.35. The number of carbonyl (C=O) groups is 1. The molecule has 0 atom stereocenters. The second-order valence-electron chi connectivity index (χ2n) is 5.88. The Morgan fingerprint density at radius 1 is 1.19 bits per heavy atom. The lowest BCUT2D eigenvalue weighted by Gasteiger charge is -2.07. The van der Waals surface area contributed by atoms with Crippen molar-refractivity contribution in [2.24, 2.45) is 0 Å². The molecule has 0 bridgehead atoms. The summed E-state index contributed by atoms with van der Waals surface area (Å²) < 4.78 is 26.8. The molecule has 0 fully saturated rings. The van der Waals surface area contributed by atoms with E-state index < -0.39 is 26.4 Å². The fourth-order valence-electron chi connectivity index (χ4n) is 2.22. The largest absolute Gasteiger partial charge is 0.338 e. The first-order chi connectivity index (χ1) is 12.6. The van der Waals surface area contributed by atoms with Gasteiger partial charge in [-0.1, -0.05) is 11.6 Å². The van der Waals surface area contributed by atoms with Crippen molar-refractivity contribution in [1.82, 2.24) is 5.32 Å². The summed E-state index contributed by atoms with van der Waals surface area (Å²) in [6.45, 7) is 0. The van der Waals surface area contributed by atoms with Gasteiger partial charge in [0.1, 0.15) is 0 Å². The number of hydrogen-bond acceptors (Lipinski definition) is 5. The molecule has 2 aromatic rings. The summed E-state index contributed by atoms with van der Waals surface area (Å²) in [6, 6.07) is 9.10. The molecule has 0 aromatic heterocycles. The third-order valence-electron chi connectivity index (χ3n) is 3.51. The summed E-state index contributed by atoms with van der Waals surface area (Å²) in [5.41, 5.74) is -0.340. The van der Waals surface area contributed by atoms with Gasteiger partial charge in [0.2, 0.25) is 6.34 Å². The molecule has 1 N–H and O–H groups in total. The van der Waals surface area contributed by atoms with E-state index in [1.165, 1.54) is 42.7 Å². The molecule has 0 unspecified atom stereocenters. The lowest BCUT2D eigenvalue weighted by molar-refractivity contribution is -0.461. The van der Waals surface area contributed by atoms with E-state index >= 15 is 0 Å². The maximum atomic E-state index is 12.6. The number of sulfone groups is 1. The van der Waals surface area contributed by atoms with Crippen molar-refractivity contribution in [2.45, 2.75) is 10.6 Å². The van der Waals surface area contributed by atoms with Gasteiger partial charge in [0.25, 0.3) is 5.69 Å². The number of nitro benzene ring substituents is 1. The smallest absolute Gasteiger partial charge is 0.273 e. The highest BCUT2D eigenvalue weighted by atomic mass is 35.5. The molecule has 142 valence electrons. The molecular formula is C17H17ClN3O5S+. The highest BCUT2D eigenvalue weighted by Crippen LogP contribution is 2.26. The predicted octanol–water partition coefficient (Wildman–Crippen LogP) is 2.25. The van der Waals surface area contributed by atoms with E-state index in [-0.39, 0.29) is 21.7 Å². The number of nitrogens with one attached hydrogen (secondary N) is 1. The van der Waals surface area contributed by atoms with Crippen LogP contribution in [0.4, 0.5) is 5.69 Å². The van der Waals surface area contributed by atoms with Crippen LogP contribution < -0.4 is 5.32 Å². The molecule has 27 heavy (non-hydrogen) atoms. The second kappa shape index (κ2) is 8.28. The molecule has 2 aromatic carbocycles. The van der Waals surface area contributed by atoms with E-state index in [0.29, 0.717) is 5.02 Å². The maximum Gasteiger partial charge on any atom is 0.338 e. The summed E-state index contributed by atoms with van der Waals surface area (Å²) in [6.07, 6.45) is 1.41. The number of nitro groups is 1. The molecule has 0 spiro atoms. The molecule has 0 aliphatic heterocycles. The molecule has 0 heterocycles. The van der Waals surface area contributed by atoms with Crippen LogP contribution in [0.15, 0.2) is 47.4 Å². The Hall–Kier alpha value is -2.78. The van der Waals surface area contributed by atoms with Crippen LogP contribution in [0.1, 0.15) is 15.9 Å². The van der Waals surface area contributed by atoms with Gasteiger partial charge in [0.05, 0.1) is 35.2 Å². The van der Waals surface area contributed by atoms with Crippen molar-refractivity contribution >= 4 is 39.4 Å².